The summed E-state index contributed by atoms with van der Waals surface area (Å²) < 4.78 is 2.22. The van der Waals surface area contributed by atoms with E-state index in [1.807, 2.05) is 0 Å². The number of hydrogen-bond acceptors (Lipinski definition) is 5. The molecule has 3 heterocycles. The van der Waals surface area contributed by atoms with E-state index in [4.69, 9.17) is 4.98 Å². The van der Waals surface area contributed by atoms with Gasteiger partial charge in [0.2, 0.25) is 0 Å². The zero-order valence-electron chi connectivity index (χ0n) is 15.3. The molecule has 6 heteroatoms. The highest BCUT2D eigenvalue weighted by Crippen LogP contribution is 2.31. The van der Waals surface area contributed by atoms with Crippen molar-refractivity contribution in [2.45, 2.75) is 20.3 Å². The second kappa shape index (κ2) is 6.96. The highest BCUT2D eigenvalue weighted by molar-refractivity contribution is 7.14. The molecule has 1 aliphatic heterocycles. The van der Waals surface area contributed by atoms with E-state index in [0.717, 1.165) is 42.0 Å². The second-order valence-electron chi connectivity index (χ2n) is 6.65. The van der Waals surface area contributed by atoms with Gasteiger partial charge in [0.1, 0.15) is 0 Å². The largest absolute Gasteiger partial charge is 0.356 e. The van der Waals surface area contributed by atoms with Gasteiger partial charge in [0.25, 0.3) is 0 Å². The first-order valence-corrected chi connectivity index (χ1v) is 9.74. The average Bonchev–Trinajstić information content (AvgIpc) is 3.23. The van der Waals surface area contributed by atoms with E-state index in [0.29, 0.717) is 0 Å². The van der Waals surface area contributed by atoms with Crippen molar-refractivity contribution < 1.29 is 0 Å². The van der Waals surface area contributed by atoms with Gasteiger partial charge >= 0.3 is 0 Å². The first-order valence-electron chi connectivity index (χ1n) is 8.86. The fourth-order valence-corrected chi connectivity index (χ4v) is 4.01. The van der Waals surface area contributed by atoms with Crippen molar-refractivity contribution in [1.29, 1.82) is 0 Å². The SMILES string of the molecule is Cc1ccc(-c2ccc(-c3csc(NC4=NCCCN4)n3)n2C)c(C)c1. The normalized spacial score (nSPS) is 14.0. The van der Waals surface area contributed by atoms with Crippen LogP contribution in [-0.2, 0) is 7.05 Å². The van der Waals surface area contributed by atoms with E-state index < -0.39 is 0 Å². The van der Waals surface area contributed by atoms with Crippen molar-refractivity contribution in [2.75, 3.05) is 18.4 Å². The topological polar surface area (TPSA) is 54.2 Å². The Labute approximate surface area is 157 Å². The highest BCUT2D eigenvalue weighted by Gasteiger charge is 2.14. The van der Waals surface area contributed by atoms with Gasteiger partial charge in [-0.25, -0.2) is 4.98 Å². The molecule has 4 rings (SSSR count). The van der Waals surface area contributed by atoms with Crippen LogP contribution in [0.15, 0.2) is 40.7 Å². The molecule has 3 aromatic rings. The van der Waals surface area contributed by atoms with Gasteiger partial charge in [-0.3, -0.25) is 4.99 Å². The lowest BCUT2D eigenvalue weighted by Crippen LogP contribution is -2.35. The molecule has 0 unspecified atom stereocenters. The van der Waals surface area contributed by atoms with Crippen LogP contribution in [0.5, 0.6) is 0 Å². The van der Waals surface area contributed by atoms with Crippen LogP contribution in [0.25, 0.3) is 22.6 Å². The molecule has 5 nitrogen and oxygen atoms in total. The first kappa shape index (κ1) is 16.8. The van der Waals surface area contributed by atoms with Crippen LogP contribution >= 0.6 is 11.3 Å². The lowest BCUT2D eigenvalue weighted by molar-refractivity contribution is 0.740. The van der Waals surface area contributed by atoms with E-state index in [9.17, 15) is 0 Å². The zero-order valence-corrected chi connectivity index (χ0v) is 16.2. The average molecular weight is 366 g/mol. The third-order valence-corrected chi connectivity index (χ3v) is 5.43. The van der Waals surface area contributed by atoms with E-state index in [1.165, 1.54) is 22.4 Å². The highest BCUT2D eigenvalue weighted by atomic mass is 32.1. The van der Waals surface area contributed by atoms with Crippen molar-refractivity contribution in [3.8, 4) is 22.6 Å². The van der Waals surface area contributed by atoms with Crippen LogP contribution in [0.3, 0.4) is 0 Å². The van der Waals surface area contributed by atoms with Crippen LogP contribution < -0.4 is 10.6 Å². The summed E-state index contributed by atoms with van der Waals surface area (Å²) in [6.07, 6.45) is 1.08. The number of benzene rings is 1. The number of guanidine groups is 1. The molecule has 0 aliphatic carbocycles. The van der Waals surface area contributed by atoms with Gasteiger partial charge in [0.15, 0.2) is 11.1 Å². The molecule has 0 amide bonds. The quantitative estimate of drug-likeness (QED) is 0.732. The maximum Gasteiger partial charge on any atom is 0.197 e. The number of thiazole rings is 1. The molecule has 1 aliphatic rings. The van der Waals surface area contributed by atoms with Gasteiger partial charge in [-0.2, -0.15) is 0 Å². The van der Waals surface area contributed by atoms with Gasteiger partial charge in [-0.05, 0) is 38.0 Å². The van der Waals surface area contributed by atoms with Gasteiger partial charge in [-0.15, -0.1) is 11.3 Å². The minimum absolute atomic E-state index is 0.819. The molecule has 0 saturated heterocycles. The fourth-order valence-electron chi connectivity index (χ4n) is 3.31. The Kier molecular flexibility index (Phi) is 4.51. The fraction of sp³-hybridized carbons (Fsp3) is 0.300. The van der Waals surface area contributed by atoms with Crippen LogP contribution in [0, 0.1) is 13.8 Å². The molecule has 1 aromatic carbocycles. The molecular weight excluding hydrogens is 342 g/mol. The molecule has 2 N–H and O–H groups in total. The molecular formula is C20H23N5S. The summed E-state index contributed by atoms with van der Waals surface area (Å²) in [5, 5.41) is 9.50. The summed E-state index contributed by atoms with van der Waals surface area (Å²) >= 11 is 1.60. The van der Waals surface area contributed by atoms with Crippen molar-refractivity contribution in [2.24, 2.45) is 12.0 Å². The van der Waals surface area contributed by atoms with E-state index in [2.05, 4.69) is 76.8 Å². The number of aryl methyl sites for hydroxylation is 2. The van der Waals surface area contributed by atoms with Crippen molar-refractivity contribution >= 4 is 22.4 Å². The van der Waals surface area contributed by atoms with Crippen molar-refractivity contribution in [3.05, 3.63) is 46.8 Å². The third kappa shape index (κ3) is 3.24. The maximum atomic E-state index is 4.74. The van der Waals surface area contributed by atoms with E-state index >= 15 is 0 Å². The van der Waals surface area contributed by atoms with E-state index in [-0.39, 0.29) is 0 Å². The van der Waals surface area contributed by atoms with Crippen LogP contribution in [0.4, 0.5) is 5.13 Å². The van der Waals surface area contributed by atoms with Crippen LogP contribution in [-0.4, -0.2) is 28.6 Å². The Morgan fingerprint density at radius 1 is 1.15 bits per heavy atom. The maximum absolute atomic E-state index is 4.74. The smallest absolute Gasteiger partial charge is 0.197 e. The van der Waals surface area contributed by atoms with Gasteiger partial charge in [0, 0.05) is 36.8 Å². The molecule has 0 saturated carbocycles. The summed E-state index contributed by atoms with van der Waals surface area (Å²) in [7, 11) is 2.10. The van der Waals surface area contributed by atoms with Gasteiger partial charge in [0.05, 0.1) is 11.4 Å². The standard InChI is InChI=1S/C20H23N5S/c1-13-5-6-15(14(2)11-13)17-7-8-18(25(17)3)16-12-26-20(23-16)24-19-21-9-4-10-22-19/h5-8,11-12H,4,9-10H2,1-3H3,(H2,21,22,23,24). The minimum Gasteiger partial charge on any atom is -0.356 e. The number of aliphatic imine (C=N–C) groups is 1. The lowest BCUT2D eigenvalue weighted by atomic mass is 10.0. The molecule has 0 atom stereocenters. The van der Waals surface area contributed by atoms with Gasteiger partial charge in [-0.1, -0.05) is 23.8 Å². The molecule has 134 valence electrons. The lowest BCUT2D eigenvalue weighted by Gasteiger charge is -2.14. The Morgan fingerprint density at radius 2 is 2.00 bits per heavy atom. The number of nitrogens with zero attached hydrogens (tertiary/aromatic N) is 3. The predicted molar refractivity (Wildman–Crippen MR) is 110 cm³/mol. The summed E-state index contributed by atoms with van der Waals surface area (Å²) in [6, 6.07) is 10.9. The van der Waals surface area contributed by atoms with Crippen molar-refractivity contribution in [1.82, 2.24) is 14.9 Å². The van der Waals surface area contributed by atoms with Crippen LogP contribution in [0.1, 0.15) is 17.5 Å². The number of rotatable bonds is 3. The molecule has 2 aromatic heterocycles. The van der Waals surface area contributed by atoms with Gasteiger partial charge < -0.3 is 15.2 Å². The Morgan fingerprint density at radius 3 is 2.77 bits per heavy atom. The van der Waals surface area contributed by atoms with Crippen LogP contribution in [0.2, 0.25) is 0 Å². The molecule has 0 fully saturated rings. The summed E-state index contributed by atoms with van der Waals surface area (Å²) in [4.78, 5) is 9.19. The number of nitrogens with one attached hydrogen (secondary N) is 2. The monoisotopic (exact) mass is 365 g/mol. The third-order valence-electron chi connectivity index (χ3n) is 4.67. The zero-order chi connectivity index (χ0) is 18.1. The summed E-state index contributed by atoms with van der Waals surface area (Å²) in [5.74, 6) is 0.819. The molecule has 26 heavy (non-hydrogen) atoms. The predicted octanol–water partition coefficient (Wildman–Crippen LogP) is 4.19. The first-order chi connectivity index (χ1) is 12.6. The Hall–Kier alpha value is -2.60. The second-order valence-corrected chi connectivity index (χ2v) is 7.51. The number of hydrogen-bond donors (Lipinski definition) is 2. The Balaban J connectivity index is 1.61. The number of anilines is 1. The molecule has 0 spiro atoms. The summed E-state index contributed by atoms with van der Waals surface area (Å²) in [5.41, 5.74) is 7.14. The summed E-state index contributed by atoms with van der Waals surface area (Å²) in [6.45, 7) is 6.12. The molecule has 0 radical (unpaired) electrons. The minimum atomic E-state index is 0.819. The molecule has 0 bridgehead atoms. The van der Waals surface area contributed by atoms with Crippen molar-refractivity contribution in [3.63, 3.8) is 0 Å². The number of aromatic nitrogens is 2. The Bertz CT molecular complexity index is 966. The van der Waals surface area contributed by atoms with E-state index in [1.54, 1.807) is 11.3 Å².